The lowest BCUT2D eigenvalue weighted by Gasteiger charge is -2.43. The van der Waals surface area contributed by atoms with Crippen molar-refractivity contribution in [3.8, 4) is 0 Å². The molecule has 0 bridgehead atoms. The maximum Gasteiger partial charge on any atom is 0.343 e. The van der Waals surface area contributed by atoms with Crippen molar-refractivity contribution in [3.05, 3.63) is 73.0 Å². The molecule has 1 atom stereocenters. The van der Waals surface area contributed by atoms with Crippen LogP contribution in [0.3, 0.4) is 0 Å². The molecule has 1 aliphatic heterocycles. The van der Waals surface area contributed by atoms with Gasteiger partial charge in [-0.05, 0) is 21.5 Å². The first-order valence-corrected chi connectivity index (χ1v) is 10.0. The Morgan fingerprint density at radius 3 is 1.79 bits per heavy atom. The smallest absolute Gasteiger partial charge is 0.343 e. The summed E-state index contributed by atoms with van der Waals surface area (Å²) in [6.45, 7) is 6.55. The largest absolute Gasteiger partial charge is 0.433 e. The molecule has 1 unspecified atom stereocenters. The third-order valence-electron chi connectivity index (χ3n) is 4.39. The van der Waals surface area contributed by atoms with E-state index in [1.807, 2.05) is 36.4 Å². The Balaban J connectivity index is 2.21. The quantitative estimate of drug-likeness (QED) is 0.635. The first kappa shape index (κ1) is 16.7. The minimum Gasteiger partial charge on any atom is -0.433 e. The van der Waals surface area contributed by atoms with Gasteiger partial charge in [-0.3, -0.25) is 0 Å². The lowest BCUT2D eigenvalue weighted by Crippen LogP contribution is -2.68. The van der Waals surface area contributed by atoms with E-state index >= 15 is 0 Å². The van der Waals surface area contributed by atoms with Crippen LogP contribution in [0, 0.1) is 0 Å². The van der Waals surface area contributed by atoms with Crippen LogP contribution in [0.2, 0.25) is 5.04 Å². The minimum atomic E-state index is -2.71. The maximum atomic E-state index is 12.1. The van der Waals surface area contributed by atoms with Crippen molar-refractivity contribution in [1.29, 1.82) is 0 Å². The van der Waals surface area contributed by atoms with Crippen molar-refractivity contribution in [2.75, 3.05) is 0 Å². The maximum absolute atomic E-state index is 12.1. The van der Waals surface area contributed by atoms with Gasteiger partial charge in [0.15, 0.2) is 6.10 Å². The second-order valence-corrected chi connectivity index (χ2v) is 11.2. The van der Waals surface area contributed by atoms with E-state index in [2.05, 4.69) is 45.0 Å². The number of esters is 1. The Hall–Kier alpha value is -2.17. The Bertz CT molecular complexity index is 693. The minimum absolute atomic E-state index is 0.160. The molecule has 2 aromatic carbocycles. The molecule has 0 saturated heterocycles. The van der Waals surface area contributed by atoms with E-state index in [9.17, 15) is 4.79 Å². The number of benzene rings is 2. The molecule has 2 aromatic rings. The summed E-state index contributed by atoms with van der Waals surface area (Å²) in [5.41, 5.74) is 0. The van der Waals surface area contributed by atoms with E-state index in [-0.39, 0.29) is 11.0 Å². The molecule has 0 fully saturated rings. The van der Waals surface area contributed by atoms with Crippen LogP contribution in [0.25, 0.3) is 0 Å². The van der Waals surface area contributed by atoms with Crippen LogP contribution in [-0.4, -0.2) is 20.4 Å². The summed E-state index contributed by atoms with van der Waals surface area (Å²) in [5.74, 6) is -0.344. The van der Waals surface area contributed by atoms with Gasteiger partial charge < -0.3 is 9.16 Å². The van der Waals surface area contributed by atoms with Crippen LogP contribution < -0.4 is 10.4 Å². The van der Waals surface area contributed by atoms with Gasteiger partial charge in [0.25, 0.3) is 8.32 Å². The normalized spacial score (nSPS) is 17.8. The summed E-state index contributed by atoms with van der Waals surface area (Å²) < 4.78 is 11.6. The molecule has 0 amide bonds. The Kier molecular flexibility index (Phi) is 4.43. The fourth-order valence-corrected chi connectivity index (χ4v) is 7.86. The molecular formula is C20H22O3Si. The molecule has 3 rings (SSSR count). The molecular weight excluding hydrogens is 316 g/mol. The average Bonchev–Trinajstić information content (AvgIpc) is 2.98. The summed E-state index contributed by atoms with van der Waals surface area (Å²) in [4.78, 5) is 12.1. The molecule has 0 saturated carbocycles. The SMILES string of the molecule is CC(C)(C)[Si](OC1C=COC1=O)(c1ccccc1)c1ccccc1. The van der Waals surface area contributed by atoms with Crippen molar-refractivity contribution in [3.63, 3.8) is 0 Å². The third kappa shape index (κ3) is 2.83. The number of ether oxygens (including phenoxy) is 1. The van der Waals surface area contributed by atoms with Gasteiger partial charge >= 0.3 is 5.97 Å². The Morgan fingerprint density at radius 1 is 0.917 bits per heavy atom. The van der Waals surface area contributed by atoms with E-state index in [1.165, 1.54) is 6.26 Å². The number of cyclic esters (lactones) is 1. The number of carbonyl (C=O) groups is 1. The highest BCUT2D eigenvalue weighted by Crippen LogP contribution is 2.38. The van der Waals surface area contributed by atoms with E-state index in [1.54, 1.807) is 6.08 Å². The van der Waals surface area contributed by atoms with Gasteiger partial charge in [0, 0.05) is 0 Å². The van der Waals surface area contributed by atoms with Crippen LogP contribution in [0.1, 0.15) is 20.8 Å². The first-order valence-electron chi connectivity index (χ1n) is 8.11. The topological polar surface area (TPSA) is 35.5 Å². The van der Waals surface area contributed by atoms with E-state index in [0.29, 0.717) is 0 Å². The summed E-state index contributed by atoms with van der Waals surface area (Å²) in [6, 6.07) is 20.5. The van der Waals surface area contributed by atoms with Crippen LogP contribution in [0.5, 0.6) is 0 Å². The van der Waals surface area contributed by atoms with Crippen LogP contribution in [0.15, 0.2) is 73.0 Å². The number of hydrogen-bond donors (Lipinski definition) is 0. The second kappa shape index (κ2) is 6.38. The van der Waals surface area contributed by atoms with Gasteiger partial charge in [-0.2, -0.15) is 0 Å². The number of hydrogen-bond acceptors (Lipinski definition) is 3. The molecule has 0 aliphatic carbocycles. The zero-order valence-electron chi connectivity index (χ0n) is 14.2. The van der Waals surface area contributed by atoms with Gasteiger partial charge in [-0.25, -0.2) is 4.79 Å². The Morgan fingerprint density at radius 2 is 1.42 bits per heavy atom. The van der Waals surface area contributed by atoms with E-state index in [4.69, 9.17) is 9.16 Å². The predicted octanol–water partition coefficient (Wildman–Crippen LogP) is 3.00. The molecule has 0 aromatic heterocycles. The van der Waals surface area contributed by atoms with Gasteiger partial charge in [0.1, 0.15) is 0 Å². The van der Waals surface area contributed by atoms with Crippen molar-refractivity contribution < 1.29 is 14.0 Å². The van der Waals surface area contributed by atoms with Crippen LogP contribution in [0.4, 0.5) is 0 Å². The van der Waals surface area contributed by atoms with Crippen molar-refractivity contribution >= 4 is 24.7 Å². The summed E-state index contributed by atoms with van der Waals surface area (Å²) in [7, 11) is -2.71. The van der Waals surface area contributed by atoms with E-state index in [0.717, 1.165) is 10.4 Å². The molecule has 3 nitrogen and oxygen atoms in total. The van der Waals surface area contributed by atoms with Crippen LogP contribution >= 0.6 is 0 Å². The summed E-state index contributed by atoms with van der Waals surface area (Å²) >= 11 is 0. The van der Waals surface area contributed by atoms with Crippen LogP contribution in [-0.2, 0) is 14.0 Å². The summed E-state index contributed by atoms with van der Waals surface area (Å²) in [6.07, 6.45) is 2.46. The molecule has 124 valence electrons. The van der Waals surface area contributed by atoms with Gasteiger partial charge in [0.2, 0.25) is 0 Å². The van der Waals surface area contributed by atoms with Gasteiger partial charge in [0.05, 0.1) is 6.26 Å². The molecule has 4 heteroatoms. The molecule has 24 heavy (non-hydrogen) atoms. The Labute approximate surface area is 144 Å². The average molecular weight is 338 g/mol. The molecule has 1 heterocycles. The lowest BCUT2D eigenvalue weighted by molar-refractivity contribution is -0.141. The highest BCUT2D eigenvalue weighted by atomic mass is 28.4. The lowest BCUT2D eigenvalue weighted by atomic mass is 10.2. The van der Waals surface area contributed by atoms with Crippen molar-refractivity contribution in [2.45, 2.75) is 31.9 Å². The molecule has 0 radical (unpaired) electrons. The van der Waals surface area contributed by atoms with E-state index < -0.39 is 14.4 Å². The number of rotatable bonds is 4. The monoisotopic (exact) mass is 338 g/mol. The predicted molar refractivity (Wildman–Crippen MR) is 97.7 cm³/mol. The highest BCUT2D eigenvalue weighted by Gasteiger charge is 2.52. The van der Waals surface area contributed by atoms with Crippen molar-refractivity contribution in [1.82, 2.24) is 0 Å². The summed E-state index contributed by atoms with van der Waals surface area (Å²) in [5, 5.41) is 2.14. The third-order valence-corrected chi connectivity index (χ3v) is 9.40. The molecule has 0 spiro atoms. The second-order valence-electron chi connectivity index (χ2n) is 6.97. The van der Waals surface area contributed by atoms with Crippen molar-refractivity contribution in [2.24, 2.45) is 0 Å². The molecule has 0 N–H and O–H groups in total. The van der Waals surface area contributed by atoms with Gasteiger partial charge in [-0.15, -0.1) is 0 Å². The number of carbonyl (C=O) groups excluding carboxylic acids is 1. The fourth-order valence-electron chi connectivity index (χ4n) is 3.29. The standard InChI is InChI=1S/C20H22O3Si/c1-20(2,3)24(16-10-6-4-7-11-16,17-12-8-5-9-13-17)23-18-14-15-22-19(18)21/h4-15,18H,1-3H3. The molecule has 1 aliphatic rings. The first-order chi connectivity index (χ1) is 11.4. The highest BCUT2D eigenvalue weighted by molar-refractivity contribution is 6.99. The zero-order chi connectivity index (χ0) is 17.2. The zero-order valence-corrected chi connectivity index (χ0v) is 15.2. The van der Waals surface area contributed by atoms with Gasteiger partial charge in [-0.1, -0.05) is 81.4 Å². The fraction of sp³-hybridized carbons (Fsp3) is 0.250.